The van der Waals surface area contributed by atoms with Crippen LogP contribution in [0.2, 0.25) is 0 Å². The standard InChI is InChI=1S/C21H30N6O2/c1-13-15(3)24-19(21(28)26(4)5)25-20(13)27-8-7-17(12-27)23-10-16-9-22-11-18(29-6)14(16)2/h9,11,17,23H,7-8,10,12H2,1-6H3/t17-/m1/s1. The van der Waals surface area contributed by atoms with Crippen LogP contribution < -0.4 is 15.0 Å². The molecule has 2 aromatic heterocycles. The van der Waals surface area contributed by atoms with Crippen molar-refractivity contribution < 1.29 is 9.53 Å². The summed E-state index contributed by atoms with van der Waals surface area (Å²) in [5, 5.41) is 3.62. The van der Waals surface area contributed by atoms with Crippen molar-refractivity contribution in [3.63, 3.8) is 0 Å². The molecule has 0 radical (unpaired) electrons. The third-order valence-electron chi connectivity index (χ3n) is 5.52. The van der Waals surface area contributed by atoms with Gasteiger partial charge in [-0.2, -0.15) is 0 Å². The van der Waals surface area contributed by atoms with Gasteiger partial charge in [-0.1, -0.05) is 0 Å². The van der Waals surface area contributed by atoms with E-state index in [9.17, 15) is 4.79 Å². The van der Waals surface area contributed by atoms with Gasteiger partial charge in [-0.25, -0.2) is 9.97 Å². The summed E-state index contributed by atoms with van der Waals surface area (Å²) in [5.41, 5.74) is 4.11. The van der Waals surface area contributed by atoms with Crippen LogP contribution in [0.4, 0.5) is 5.82 Å². The fraction of sp³-hybridized carbons (Fsp3) is 0.524. The number of hydrogen-bond donors (Lipinski definition) is 1. The van der Waals surface area contributed by atoms with Gasteiger partial charge in [0.2, 0.25) is 5.82 Å². The molecule has 29 heavy (non-hydrogen) atoms. The molecule has 1 saturated heterocycles. The number of carbonyl (C=O) groups is 1. The summed E-state index contributed by atoms with van der Waals surface area (Å²) in [5.74, 6) is 1.74. The summed E-state index contributed by atoms with van der Waals surface area (Å²) in [4.78, 5) is 29.3. The maximum Gasteiger partial charge on any atom is 0.291 e. The fourth-order valence-corrected chi connectivity index (χ4v) is 3.52. The highest BCUT2D eigenvalue weighted by Crippen LogP contribution is 2.25. The molecule has 1 fully saturated rings. The van der Waals surface area contributed by atoms with Crippen LogP contribution in [-0.2, 0) is 6.54 Å². The van der Waals surface area contributed by atoms with Crippen LogP contribution in [0.1, 0.15) is 39.4 Å². The second kappa shape index (κ2) is 8.73. The summed E-state index contributed by atoms with van der Waals surface area (Å²) in [6, 6.07) is 0.336. The molecule has 8 heteroatoms. The normalized spacial score (nSPS) is 16.2. The summed E-state index contributed by atoms with van der Waals surface area (Å²) in [7, 11) is 5.09. The maximum atomic E-state index is 12.3. The Morgan fingerprint density at radius 2 is 2.00 bits per heavy atom. The lowest BCUT2D eigenvalue weighted by molar-refractivity contribution is 0.0815. The smallest absolute Gasteiger partial charge is 0.291 e. The Morgan fingerprint density at radius 3 is 2.69 bits per heavy atom. The maximum absolute atomic E-state index is 12.3. The van der Waals surface area contributed by atoms with E-state index >= 15 is 0 Å². The number of nitrogens with zero attached hydrogens (tertiary/aromatic N) is 5. The van der Waals surface area contributed by atoms with Gasteiger partial charge in [0, 0.05) is 57.2 Å². The number of hydrogen-bond acceptors (Lipinski definition) is 7. The summed E-state index contributed by atoms with van der Waals surface area (Å²) in [6.45, 7) is 8.46. The molecule has 0 spiro atoms. The van der Waals surface area contributed by atoms with Crippen molar-refractivity contribution in [3.8, 4) is 5.75 Å². The van der Waals surface area contributed by atoms with E-state index in [0.29, 0.717) is 6.04 Å². The van der Waals surface area contributed by atoms with Crippen LogP contribution in [0.25, 0.3) is 0 Å². The van der Waals surface area contributed by atoms with Crippen LogP contribution in [-0.4, -0.2) is 66.1 Å². The first-order valence-corrected chi connectivity index (χ1v) is 9.84. The molecule has 1 aliphatic rings. The van der Waals surface area contributed by atoms with Gasteiger partial charge in [-0.05, 0) is 38.3 Å². The van der Waals surface area contributed by atoms with Gasteiger partial charge >= 0.3 is 0 Å². The molecular formula is C21H30N6O2. The Hall–Kier alpha value is -2.74. The molecule has 3 rings (SSSR count). The third-order valence-corrected chi connectivity index (χ3v) is 5.52. The lowest BCUT2D eigenvalue weighted by atomic mass is 10.1. The number of pyridine rings is 1. The van der Waals surface area contributed by atoms with Gasteiger partial charge in [-0.3, -0.25) is 9.78 Å². The quantitative estimate of drug-likeness (QED) is 0.795. The Kier molecular flexibility index (Phi) is 6.32. The van der Waals surface area contributed by atoms with E-state index < -0.39 is 0 Å². The van der Waals surface area contributed by atoms with Gasteiger partial charge in [0.15, 0.2) is 0 Å². The van der Waals surface area contributed by atoms with Crippen LogP contribution in [0.3, 0.4) is 0 Å². The minimum absolute atomic E-state index is 0.177. The van der Waals surface area contributed by atoms with Crippen LogP contribution in [0.5, 0.6) is 5.75 Å². The SMILES string of the molecule is COc1cncc(CN[C@@H]2CCN(c3nc(C(=O)N(C)C)nc(C)c3C)C2)c1C. The minimum Gasteiger partial charge on any atom is -0.495 e. The number of anilines is 1. The molecule has 8 nitrogen and oxygen atoms in total. The highest BCUT2D eigenvalue weighted by atomic mass is 16.5. The molecule has 3 heterocycles. The number of aryl methyl sites for hydroxylation is 1. The van der Waals surface area contributed by atoms with E-state index in [0.717, 1.165) is 60.0 Å². The lowest BCUT2D eigenvalue weighted by Crippen LogP contribution is -2.33. The molecule has 0 saturated carbocycles. The van der Waals surface area contributed by atoms with E-state index in [1.807, 2.05) is 20.0 Å². The van der Waals surface area contributed by atoms with E-state index in [-0.39, 0.29) is 11.7 Å². The molecule has 0 aliphatic carbocycles. The Balaban J connectivity index is 1.70. The molecule has 0 bridgehead atoms. The number of ether oxygens (including phenoxy) is 1. The molecular weight excluding hydrogens is 368 g/mol. The van der Waals surface area contributed by atoms with E-state index in [1.165, 1.54) is 4.90 Å². The van der Waals surface area contributed by atoms with Crippen molar-refractivity contribution in [2.75, 3.05) is 39.2 Å². The average molecular weight is 399 g/mol. The van der Waals surface area contributed by atoms with Gasteiger partial charge < -0.3 is 19.9 Å². The molecule has 156 valence electrons. The predicted molar refractivity (Wildman–Crippen MR) is 113 cm³/mol. The van der Waals surface area contributed by atoms with E-state index in [1.54, 1.807) is 27.4 Å². The molecule has 1 atom stereocenters. The second-order valence-corrected chi connectivity index (χ2v) is 7.72. The van der Waals surface area contributed by atoms with Crippen molar-refractivity contribution in [1.82, 2.24) is 25.2 Å². The summed E-state index contributed by atoms with van der Waals surface area (Å²) in [6.07, 6.45) is 4.63. The Morgan fingerprint density at radius 1 is 1.24 bits per heavy atom. The zero-order chi connectivity index (χ0) is 21.1. The first kappa shape index (κ1) is 21.0. The number of nitrogens with one attached hydrogen (secondary N) is 1. The molecule has 1 amide bonds. The zero-order valence-electron chi connectivity index (χ0n) is 18.1. The Bertz CT molecular complexity index is 899. The summed E-state index contributed by atoms with van der Waals surface area (Å²) < 4.78 is 5.36. The summed E-state index contributed by atoms with van der Waals surface area (Å²) >= 11 is 0. The molecule has 0 unspecified atom stereocenters. The molecule has 1 N–H and O–H groups in total. The zero-order valence-corrected chi connectivity index (χ0v) is 18.1. The monoisotopic (exact) mass is 398 g/mol. The van der Waals surface area contributed by atoms with Gasteiger partial charge in [0.05, 0.1) is 13.3 Å². The molecule has 1 aliphatic heterocycles. The third kappa shape index (κ3) is 4.48. The van der Waals surface area contributed by atoms with Crippen LogP contribution in [0.15, 0.2) is 12.4 Å². The van der Waals surface area contributed by atoms with Crippen molar-refractivity contribution in [2.24, 2.45) is 0 Å². The predicted octanol–water partition coefficient (Wildman–Crippen LogP) is 1.88. The first-order chi connectivity index (χ1) is 13.8. The average Bonchev–Trinajstić information content (AvgIpc) is 3.17. The van der Waals surface area contributed by atoms with Gasteiger partial charge in [0.25, 0.3) is 5.91 Å². The molecule has 0 aromatic carbocycles. The van der Waals surface area contributed by atoms with Crippen molar-refractivity contribution in [2.45, 2.75) is 39.8 Å². The van der Waals surface area contributed by atoms with Gasteiger partial charge in [-0.15, -0.1) is 0 Å². The Labute approximate surface area is 172 Å². The number of carbonyl (C=O) groups excluding carboxylic acids is 1. The highest BCUT2D eigenvalue weighted by Gasteiger charge is 2.26. The van der Waals surface area contributed by atoms with Crippen LogP contribution >= 0.6 is 0 Å². The fourth-order valence-electron chi connectivity index (χ4n) is 3.52. The van der Waals surface area contributed by atoms with Crippen molar-refractivity contribution in [3.05, 3.63) is 40.6 Å². The second-order valence-electron chi connectivity index (χ2n) is 7.72. The number of methoxy groups -OCH3 is 1. The van der Waals surface area contributed by atoms with E-state index in [2.05, 4.69) is 32.1 Å². The van der Waals surface area contributed by atoms with Crippen molar-refractivity contribution >= 4 is 11.7 Å². The number of rotatable bonds is 6. The number of aromatic nitrogens is 3. The first-order valence-electron chi connectivity index (χ1n) is 9.84. The minimum atomic E-state index is -0.177. The van der Waals surface area contributed by atoms with Gasteiger partial charge in [0.1, 0.15) is 11.6 Å². The molecule has 2 aromatic rings. The largest absolute Gasteiger partial charge is 0.495 e. The number of amides is 1. The van der Waals surface area contributed by atoms with Crippen molar-refractivity contribution in [1.29, 1.82) is 0 Å². The van der Waals surface area contributed by atoms with Crippen LogP contribution in [0, 0.1) is 20.8 Å². The lowest BCUT2D eigenvalue weighted by Gasteiger charge is -2.22. The van der Waals surface area contributed by atoms with E-state index in [4.69, 9.17) is 4.74 Å². The topological polar surface area (TPSA) is 83.5 Å². The highest BCUT2D eigenvalue weighted by molar-refractivity contribution is 5.90.